The number of aliphatic hydroxyl groups excluding tert-OH is 1. The zero-order valence-electron chi connectivity index (χ0n) is 11.3. The smallest absolute Gasteiger partial charge is 0.223 e. The highest BCUT2D eigenvalue weighted by molar-refractivity contribution is 5.85. The van der Waals surface area contributed by atoms with Crippen LogP contribution in [0.25, 0.3) is 0 Å². The summed E-state index contributed by atoms with van der Waals surface area (Å²) in [6, 6.07) is 0.462. The quantitative estimate of drug-likeness (QED) is 0.618. The van der Waals surface area contributed by atoms with E-state index in [0.717, 1.165) is 51.6 Å². The first-order valence-electron chi connectivity index (χ1n) is 6.86. The van der Waals surface area contributed by atoms with Crippen LogP contribution in [-0.2, 0) is 4.79 Å². The number of carbonyl (C=O) groups is 1. The highest BCUT2D eigenvalue weighted by atomic mass is 35.5. The summed E-state index contributed by atoms with van der Waals surface area (Å²) in [4.78, 5) is 11.9. The van der Waals surface area contributed by atoms with Crippen LogP contribution in [0.2, 0.25) is 0 Å². The molecule has 0 spiro atoms. The Morgan fingerprint density at radius 1 is 1.33 bits per heavy atom. The van der Waals surface area contributed by atoms with Gasteiger partial charge in [-0.05, 0) is 39.2 Å². The Labute approximate surface area is 116 Å². The molecule has 3 N–H and O–H groups in total. The van der Waals surface area contributed by atoms with E-state index >= 15 is 0 Å². The average Bonchev–Trinajstić information content (AvgIpc) is 2.33. The molecule has 1 rings (SSSR count). The van der Waals surface area contributed by atoms with Crippen molar-refractivity contribution in [1.29, 1.82) is 0 Å². The van der Waals surface area contributed by atoms with Crippen LogP contribution in [0.15, 0.2) is 0 Å². The van der Waals surface area contributed by atoms with E-state index < -0.39 is 0 Å². The van der Waals surface area contributed by atoms with Crippen molar-refractivity contribution in [3.63, 3.8) is 0 Å². The van der Waals surface area contributed by atoms with Crippen molar-refractivity contribution < 1.29 is 9.90 Å². The monoisotopic (exact) mass is 278 g/mol. The Kier molecular flexibility index (Phi) is 10.4. The number of hydrogen-bond acceptors (Lipinski definition) is 3. The first-order chi connectivity index (χ1) is 8.24. The molecule has 0 aromatic carbocycles. The number of nitrogens with one attached hydrogen (secondary N) is 2. The fourth-order valence-corrected chi connectivity index (χ4v) is 2.32. The summed E-state index contributed by atoms with van der Waals surface area (Å²) in [7, 11) is 0. The number of unbranched alkanes of at least 4 members (excludes halogenated alkanes) is 3. The van der Waals surface area contributed by atoms with Crippen molar-refractivity contribution in [3.8, 4) is 0 Å². The highest BCUT2D eigenvalue weighted by Gasteiger charge is 2.23. The number of rotatable bonds is 7. The Morgan fingerprint density at radius 3 is 2.72 bits per heavy atom. The van der Waals surface area contributed by atoms with E-state index in [1.165, 1.54) is 0 Å². The zero-order chi connectivity index (χ0) is 12.5. The molecule has 0 aromatic heterocycles. The first kappa shape index (κ1) is 17.7. The van der Waals surface area contributed by atoms with Gasteiger partial charge < -0.3 is 15.7 Å². The Morgan fingerprint density at radius 2 is 2.06 bits per heavy atom. The van der Waals surface area contributed by atoms with Crippen LogP contribution >= 0.6 is 12.4 Å². The van der Waals surface area contributed by atoms with Crippen molar-refractivity contribution in [1.82, 2.24) is 10.6 Å². The molecule has 1 amide bonds. The van der Waals surface area contributed by atoms with Gasteiger partial charge in [0.05, 0.1) is 0 Å². The molecule has 0 unspecified atom stereocenters. The van der Waals surface area contributed by atoms with Crippen molar-refractivity contribution in [3.05, 3.63) is 0 Å². The molecule has 1 aliphatic heterocycles. The molecule has 1 heterocycles. The van der Waals surface area contributed by atoms with Crippen LogP contribution in [0.3, 0.4) is 0 Å². The third-order valence-electron chi connectivity index (χ3n) is 3.38. The molecule has 108 valence electrons. The van der Waals surface area contributed by atoms with E-state index in [4.69, 9.17) is 5.11 Å². The van der Waals surface area contributed by atoms with Gasteiger partial charge in [-0.15, -0.1) is 12.4 Å². The SMILES string of the molecule is C[C@H]1C[C@@H](C(=O)NCCCCCCO)CCN1.Cl. The van der Waals surface area contributed by atoms with Crippen LogP contribution in [0.5, 0.6) is 0 Å². The number of carbonyl (C=O) groups excluding carboxylic acids is 1. The summed E-state index contributed by atoms with van der Waals surface area (Å²) in [5, 5.41) is 15.0. The Bertz CT molecular complexity index is 227. The molecule has 1 saturated heterocycles. The maximum atomic E-state index is 11.9. The molecule has 5 heteroatoms. The van der Waals surface area contributed by atoms with E-state index in [-0.39, 0.29) is 30.8 Å². The number of amides is 1. The molecular formula is C13H27ClN2O2. The van der Waals surface area contributed by atoms with Crippen molar-refractivity contribution in [2.75, 3.05) is 19.7 Å². The van der Waals surface area contributed by atoms with Gasteiger partial charge in [0.2, 0.25) is 5.91 Å². The lowest BCUT2D eigenvalue weighted by Gasteiger charge is -2.27. The summed E-state index contributed by atoms with van der Waals surface area (Å²) in [6.45, 7) is 4.14. The van der Waals surface area contributed by atoms with Crippen molar-refractivity contribution in [2.45, 2.75) is 51.5 Å². The normalized spacial score (nSPS) is 23.2. The van der Waals surface area contributed by atoms with Gasteiger partial charge in [-0.25, -0.2) is 0 Å². The fraction of sp³-hybridized carbons (Fsp3) is 0.923. The van der Waals surface area contributed by atoms with Crippen molar-refractivity contribution in [2.24, 2.45) is 5.92 Å². The molecule has 0 aliphatic carbocycles. The fourth-order valence-electron chi connectivity index (χ4n) is 2.32. The largest absolute Gasteiger partial charge is 0.396 e. The number of aliphatic hydroxyl groups is 1. The number of halogens is 1. The third-order valence-corrected chi connectivity index (χ3v) is 3.38. The molecule has 0 bridgehead atoms. The summed E-state index contributed by atoms with van der Waals surface area (Å²) in [5.74, 6) is 0.421. The lowest BCUT2D eigenvalue weighted by molar-refractivity contribution is -0.126. The van der Waals surface area contributed by atoms with Crippen LogP contribution < -0.4 is 10.6 Å². The van der Waals surface area contributed by atoms with Gasteiger partial charge in [-0.3, -0.25) is 4.79 Å². The van der Waals surface area contributed by atoms with E-state index in [0.29, 0.717) is 6.04 Å². The van der Waals surface area contributed by atoms with E-state index in [1.807, 2.05) is 0 Å². The number of hydrogen-bond donors (Lipinski definition) is 3. The maximum Gasteiger partial charge on any atom is 0.223 e. The second kappa shape index (κ2) is 10.6. The van der Waals surface area contributed by atoms with Crippen LogP contribution in [0, 0.1) is 5.92 Å². The Hall–Kier alpha value is -0.320. The molecule has 1 aliphatic rings. The number of piperidine rings is 1. The molecule has 0 radical (unpaired) electrons. The van der Waals surface area contributed by atoms with Gasteiger partial charge in [0.25, 0.3) is 0 Å². The molecule has 0 aromatic rings. The van der Waals surface area contributed by atoms with E-state index in [9.17, 15) is 4.79 Å². The topological polar surface area (TPSA) is 61.4 Å². The van der Waals surface area contributed by atoms with Gasteiger partial charge in [0.1, 0.15) is 0 Å². The molecule has 4 nitrogen and oxygen atoms in total. The average molecular weight is 279 g/mol. The minimum Gasteiger partial charge on any atom is -0.396 e. The second-order valence-electron chi connectivity index (χ2n) is 5.01. The minimum atomic E-state index is 0. The minimum absolute atomic E-state index is 0. The summed E-state index contributed by atoms with van der Waals surface area (Å²) in [6.07, 6.45) is 5.95. The van der Waals surface area contributed by atoms with E-state index in [2.05, 4.69) is 17.6 Å². The molecule has 18 heavy (non-hydrogen) atoms. The van der Waals surface area contributed by atoms with Gasteiger partial charge in [-0.1, -0.05) is 12.8 Å². The highest BCUT2D eigenvalue weighted by Crippen LogP contribution is 2.15. The van der Waals surface area contributed by atoms with Crippen molar-refractivity contribution >= 4 is 18.3 Å². The van der Waals surface area contributed by atoms with Gasteiger partial charge >= 0.3 is 0 Å². The summed E-state index contributed by atoms with van der Waals surface area (Å²) in [5.41, 5.74) is 0. The lowest BCUT2D eigenvalue weighted by atomic mass is 9.92. The van der Waals surface area contributed by atoms with Gasteiger partial charge in [0.15, 0.2) is 0 Å². The predicted octanol–water partition coefficient (Wildman–Crippen LogP) is 1.47. The van der Waals surface area contributed by atoms with Crippen LogP contribution in [0.1, 0.15) is 45.4 Å². The summed E-state index contributed by atoms with van der Waals surface area (Å²) < 4.78 is 0. The summed E-state index contributed by atoms with van der Waals surface area (Å²) >= 11 is 0. The molecule has 0 saturated carbocycles. The zero-order valence-corrected chi connectivity index (χ0v) is 12.1. The lowest BCUT2D eigenvalue weighted by Crippen LogP contribution is -2.42. The van der Waals surface area contributed by atoms with Gasteiger partial charge in [0, 0.05) is 25.1 Å². The van der Waals surface area contributed by atoms with Crippen LogP contribution in [-0.4, -0.2) is 36.8 Å². The van der Waals surface area contributed by atoms with Gasteiger partial charge in [-0.2, -0.15) is 0 Å². The third kappa shape index (κ3) is 7.19. The van der Waals surface area contributed by atoms with Crippen LogP contribution in [0.4, 0.5) is 0 Å². The standard InChI is InChI=1S/C13H26N2O2.ClH/c1-11-10-12(6-8-14-11)13(17)15-7-4-2-3-5-9-16;/h11-12,14,16H,2-10H2,1H3,(H,15,17);1H/t11-,12-;/m0./s1. The first-order valence-corrected chi connectivity index (χ1v) is 6.86. The second-order valence-corrected chi connectivity index (χ2v) is 5.01. The predicted molar refractivity (Wildman–Crippen MR) is 76.0 cm³/mol. The molecule has 2 atom stereocenters. The maximum absolute atomic E-state index is 11.9. The molecular weight excluding hydrogens is 252 g/mol. The molecule has 1 fully saturated rings. The Balaban J connectivity index is 0.00000289. The van der Waals surface area contributed by atoms with E-state index in [1.54, 1.807) is 0 Å².